The molecule has 7 heteroatoms. The van der Waals surface area contributed by atoms with E-state index in [0.717, 1.165) is 22.6 Å². The Labute approximate surface area is 171 Å². The zero-order valence-corrected chi connectivity index (χ0v) is 17.0. The predicted octanol–water partition coefficient (Wildman–Crippen LogP) is 3.36. The first-order valence-electron chi connectivity index (χ1n) is 9.47. The summed E-state index contributed by atoms with van der Waals surface area (Å²) in [6.07, 6.45) is 3.64. The zero-order valence-electron chi connectivity index (χ0n) is 17.0. The number of likely N-dealkylation sites (N-methyl/N-ethyl adjacent to an activating group) is 1. The van der Waals surface area contributed by atoms with Crippen LogP contribution in [0.25, 0.3) is 0 Å². The van der Waals surface area contributed by atoms with Crippen molar-refractivity contribution in [2.45, 2.75) is 12.6 Å². The van der Waals surface area contributed by atoms with E-state index in [1.54, 1.807) is 13.3 Å². The molecule has 2 aromatic carbocycles. The molecule has 1 aromatic heterocycles. The second-order valence-electron chi connectivity index (χ2n) is 6.95. The van der Waals surface area contributed by atoms with E-state index < -0.39 is 0 Å². The molecule has 0 saturated heterocycles. The fourth-order valence-electron chi connectivity index (χ4n) is 3.13. The topological polar surface area (TPSA) is 71.4 Å². The maximum atomic E-state index is 12.5. The quantitative estimate of drug-likeness (QED) is 0.616. The number of para-hydroxylation sites is 1. The maximum Gasteiger partial charge on any atom is 0.319 e. The van der Waals surface area contributed by atoms with E-state index in [0.29, 0.717) is 13.1 Å². The van der Waals surface area contributed by atoms with Gasteiger partial charge in [0.1, 0.15) is 5.75 Å². The predicted molar refractivity (Wildman–Crippen MR) is 114 cm³/mol. The van der Waals surface area contributed by atoms with Gasteiger partial charge in [-0.25, -0.2) is 4.79 Å². The van der Waals surface area contributed by atoms with Crippen molar-refractivity contribution < 1.29 is 9.53 Å². The Balaban J connectivity index is 1.62. The molecule has 0 spiro atoms. The fraction of sp³-hybridized carbons (Fsp3) is 0.273. The third-order valence-electron chi connectivity index (χ3n) is 4.74. The second-order valence-corrected chi connectivity index (χ2v) is 6.95. The SMILES string of the molecule is COc1ccc(C(CNC(=O)Nc2ccccc2Cn2cccn2)N(C)C)cc1. The first-order chi connectivity index (χ1) is 14.1. The molecule has 1 unspecified atom stereocenters. The highest BCUT2D eigenvalue weighted by atomic mass is 16.5. The lowest BCUT2D eigenvalue weighted by molar-refractivity contribution is 0.243. The third kappa shape index (κ3) is 5.58. The van der Waals surface area contributed by atoms with Crippen LogP contribution in [-0.2, 0) is 6.54 Å². The monoisotopic (exact) mass is 393 g/mol. The van der Waals surface area contributed by atoms with Crippen LogP contribution in [0, 0.1) is 0 Å². The Morgan fingerprint density at radius 1 is 1.14 bits per heavy atom. The van der Waals surface area contributed by atoms with Crippen LogP contribution in [0.5, 0.6) is 5.75 Å². The summed E-state index contributed by atoms with van der Waals surface area (Å²) in [6, 6.07) is 17.3. The number of hydrogen-bond donors (Lipinski definition) is 2. The van der Waals surface area contributed by atoms with E-state index >= 15 is 0 Å². The van der Waals surface area contributed by atoms with Crippen molar-refractivity contribution in [1.29, 1.82) is 0 Å². The van der Waals surface area contributed by atoms with E-state index in [4.69, 9.17) is 4.74 Å². The molecule has 2 N–H and O–H groups in total. The summed E-state index contributed by atoms with van der Waals surface area (Å²) in [6.45, 7) is 1.07. The van der Waals surface area contributed by atoms with Crippen LogP contribution in [0.2, 0.25) is 0 Å². The van der Waals surface area contributed by atoms with Gasteiger partial charge in [-0.05, 0) is 49.5 Å². The van der Waals surface area contributed by atoms with Crippen molar-refractivity contribution in [3.8, 4) is 5.75 Å². The summed E-state index contributed by atoms with van der Waals surface area (Å²) >= 11 is 0. The zero-order chi connectivity index (χ0) is 20.6. The van der Waals surface area contributed by atoms with Gasteiger partial charge in [-0.15, -0.1) is 0 Å². The van der Waals surface area contributed by atoms with Gasteiger partial charge in [0.25, 0.3) is 0 Å². The average Bonchev–Trinajstić information content (AvgIpc) is 3.23. The Bertz CT molecular complexity index is 907. The van der Waals surface area contributed by atoms with Gasteiger partial charge in [0.15, 0.2) is 0 Å². The maximum absolute atomic E-state index is 12.5. The number of methoxy groups -OCH3 is 1. The molecule has 2 amide bonds. The van der Waals surface area contributed by atoms with Crippen LogP contribution < -0.4 is 15.4 Å². The van der Waals surface area contributed by atoms with E-state index in [2.05, 4.69) is 20.6 Å². The van der Waals surface area contributed by atoms with Gasteiger partial charge in [-0.3, -0.25) is 4.68 Å². The van der Waals surface area contributed by atoms with E-state index in [1.807, 2.05) is 79.6 Å². The molecule has 0 aliphatic rings. The van der Waals surface area contributed by atoms with Crippen molar-refractivity contribution in [3.63, 3.8) is 0 Å². The number of carbonyl (C=O) groups excluding carboxylic acids is 1. The molecule has 152 valence electrons. The number of hydrogen-bond acceptors (Lipinski definition) is 4. The summed E-state index contributed by atoms with van der Waals surface area (Å²) in [7, 11) is 5.64. The number of benzene rings is 2. The van der Waals surface area contributed by atoms with Gasteiger partial charge < -0.3 is 20.3 Å². The van der Waals surface area contributed by atoms with Gasteiger partial charge in [-0.1, -0.05) is 30.3 Å². The fourth-order valence-corrected chi connectivity index (χ4v) is 3.13. The summed E-state index contributed by atoms with van der Waals surface area (Å²) in [5.41, 5.74) is 2.87. The highest BCUT2D eigenvalue weighted by molar-refractivity contribution is 5.90. The number of ether oxygens (including phenoxy) is 1. The Morgan fingerprint density at radius 2 is 1.90 bits per heavy atom. The molecule has 0 radical (unpaired) electrons. The minimum Gasteiger partial charge on any atom is -0.497 e. The van der Waals surface area contributed by atoms with Crippen molar-refractivity contribution in [3.05, 3.63) is 78.1 Å². The first kappa shape index (κ1) is 20.4. The highest BCUT2D eigenvalue weighted by Crippen LogP contribution is 2.21. The first-order valence-corrected chi connectivity index (χ1v) is 9.47. The molecule has 1 atom stereocenters. The second kappa shape index (κ2) is 9.75. The van der Waals surface area contributed by atoms with Crippen molar-refractivity contribution in [1.82, 2.24) is 20.0 Å². The summed E-state index contributed by atoms with van der Waals surface area (Å²) in [5, 5.41) is 10.2. The summed E-state index contributed by atoms with van der Waals surface area (Å²) < 4.78 is 7.05. The lowest BCUT2D eigenvalue weighted by atomic mass is 10.1. The molecule has 1 heterocycles. The Hall–Kier alpha value is -3.32. The highest BCUT2D eigenvalue weighted by Gasteiger charge is 2.16. The van der Waals surface area contributed by atoms with Crippen molar-refractivity contribution in [2.75, 3.05) is 33.1 Å². The number of nitrogens with one attached hydrogen (secondary N) is 2. The van der Waals surface area contributed by atoms with Crippen LogP contribution in [0.1, 0.15) is 17.2 Å². The molecule has 7 nitrogen and oxygen atoms in total. The van der Waals surface area contributed by atoms with Crippen molar-refractivity contribution >= 4 is 11.7 Å². The van der Waals surface area contributed by atoms with Crippen LogP contribution in [0.15, 0.2) is 67.0 Å². The van der Waals surface area contributed by atoms with Crippen molar-refractivity contribution in [2.24, 2.45) is 0 Å². The largest absolute Gasteiger partial charge is 0.497 e. The molecule has 29 heavy (non-hydrogen) atoms. The summed E-state index contributed by atoms with van der Waals surface area (Å²) in [5.74, 6) is 0.811. The molecule has 0 fully saturated rings. The molecular weight excluding hydrogens is 366 g/mol. The Morgan fingerprint density at radius 3 is 2.55 bits per heavy atom. The van der Waals surface area contributed by atoms with Gasteiger partial charge in [-0.2, -0.15) is 5.10 Å². The van der Waals surface area contributed by atoms with E-state index in [-0.39, 0.29) is 12.1 Å². The van der Waals surface area contributed by atoms with E-state index in [1.165, 1.54) is 0 Å². The van der Waals surface area contributed by atoms with Crippen LogP contribution in [-0.4, -0.2) is 48.5 Å². The molecule has 0 aliphatic carbocycles. The van der Waals surface area contributed by atoms with Gasteiger partial charge in [0.05, 0.1) is 19.7 Å². The number of carbonyl (C=O) groups is 1. The molecule has 3 aromatic rings. The summed E-state index contributed by atoms with van der Waals surface area (Å²) in [4.78, 5) is 14.6. The molecule has 0 saturated carbocycles. The molecule has 0 aliphatic heterocycles. The smallest absolute Gasteiger partial charge is 0.319 e. The number of amides is 2. The number of urea groups is 1. The number of nitrogens with zero attached hydrogens (tertiary/aromatic N) is 3. The van der Waals surface area contributed by atoms with Gasteiger partial charge in [0, 0.05) is 24.6 Å². The van der Waals surface area contributed by atoms with Gasteiger partial charge >= 0.3 is 6.03 Å². The van der Waals surface area contributed by atoms with Crippen LogP contribution >= 0.6 is 0 Å². The Kier molecular flexibility index (Phi) is 6.86. The standard InChI is InChI=1S/C22H27N5O2/c1-26(2)21(17-9-11-19(29-3)12-10-17)15-23-22(28)25-20-8-5-4-7-18(20)16-27-14-6-13-24-27/h4-14,21H,15-16H2,1-3H3,(H2,23,25,28). The minimum atomic E-state index is -0.238. The lowest BCUT2D eigenvalue weighted by Crippen LogP contribution is -2.37. The number of aromatic nitrogens is 2. The molecule has 0 bridgehead atoms. The third-order valence-corrected chi connectivity index (χ3v) is 4.74. The van der Waals surface area contributed by atoms with Crippen LogP contribution in [0.3, 0.4) is 0 Å². The van der Waals surface area contributed by atoms with Gasteiger partial charge in [0.2, 0.25) is 0 Å². The molecule has 3 rings (SSSR count). The number of rotatable bonds is 8. The van der Waals surface area contributed by atoms with Crippen LogP contribution in [0.4, 0.5) is 10.5 Å². The van der Waals surface area contributed by atoms with E-state index in [9.17, 15) is 4.79 Å². The minimum absolute atomic E-state index is 0.0472. The number of anilines is 1. The average molecular weight is 393 g/mol. The molecular formula is C22H27N5O2. The lowest BCUT2D eigenvalue weighted by Gasteiger charge is -2.25. The normalized spacial score (nSPS) is 11.9.